The molecule has 1 atom stereocenters. The lowest BCUT2D eigenvalue weighted by molar-refractivity contribution is -0.142. The zero-order valence-corrected chi connectivity index (χ0v) is 14.3. The first-order chi connectivity index (χ1) is 9.72. The van der Waals surface area contributed by atoms with E-state index < -0.39 is 22.1 Å². The van der Waals surface area contributed by atoms with Crippen LogP contribution in [0.2, 0.25) is 0 Å². The topological polar surface area (TPSA) is 77.9 Å². The lowest BCUT2D eigenvalue weighted by Gasteiger charge is -2.34. The molecule has 0 radical (unpaired) electrons. The van der Waals surface area contributed by atoms with Gasteiger partial charge in [0.15, 0.2) is 0 Å². The number of nitrogens with zero attached hydrogens (tertiary/aromatic N) is 2. The third-order valence-electron chi connectivity index (χ3n) is 4.18. The molecule has 2 aliphatic rings. The molecule has 0 amide bonds. The summed E-state index contributed by atoms with van der Waals surface area (Å²) in [6.07, 6.45) is 1.99. The lowest BCUT2D eigenvalue weighted by Crippen LogP contribution is -2.49. The molecule has 0 spiro atoms. The fourth-order valence-corrected chi connectivity index (χ4v) is 5.66. The molecule has 0 aromatic heterocycles. The number of carboxylic acid groups (broad SMARTS) is 1. The van der Waals surface area contributed by atoms with Crippen LogP contribution in [0.3, 0.4) is 0 Å². The molecule has 6 nitrogen and oxygen atoms in total. The number of rotatable bonds is 3. The number of carboxylic acids is 1. The molecule has 0 aromatic rings. The van der Waals surface area contributed by atoms with Gasteiger partial charge in [-0.2, -0.15) is 28.8 Å². The number of hydrogen-bond acceptors (Lipinski definition) is 4. The minimum absolute atomic E-state index is 0.0930. The monoisotopic (exact) mass is 336 g/mol. The van der Waals surface area contributed by atoms with Gasteiger partial charge in [-0.05, 0) is 19.3 Å². The zero-order valence-electron chi connectivity index (χ0n) is 12.6. The van der Waals surface area contributed by atoms with Gasteiger partial charge in [0.1, 0.15) is 0 Å². The fourth-order valence-electron chi connectivity index (χ4n) is 2.75. The number of piperidine rings is 1. The Labute approximate surface area is 131 Å². The predicted octanol–water partition coefficient (Wildman–Crippen LogP) is 1.25. The second kappa shape index (κ2) is 6.44. The minimum atomic E-state index is -3.54. The largest absolute Gasteiger partial charge is 0.481 e. The van der Waals surface area contributed by atoms with E-state index in [1.54, 1.807) is 11.8 Å². The van der Waals surface area contributed by atoms with E-state index in [1.807, 2.05) is 0 Å². The lowest BCUT2D eigenvalue weighted by atomic mass is 10.0. The van der Waals surface area contributed by atoms with Crippen molar-refractivity contribution >= 4 is 27.9 Å². The molecule has 2 aliphatic heterocycles. The zero-order chi connectivity index (χ0) is 15.7. The van der Waals surface area contributed by atoms with Gasteiger partial charge in [0.2, 0.25) is 0 Å². The second-order valence-electron chi connectivity index (χ2n) is 6.30. The third kappa shape index (κ3) is 4.12. The maximum atomic E-state index is 12.7. The molecule has 0 saturated carbocycles. The highest BCUT2D eigenvalue weighted by molar-refractivity contribution is 8.00. The van der Waals surface area contributed by atoms with Gasteiger partial charge < -0.3 is 5.11 Å². The van der Waals surface area contributed by atoms with Crippen molar-refractivity contribution in [2.75, 3.05) is 31.9 Å². The molecule has 0 aromatic carbocycles. The molecule has 2 fully saturated rings. The summed E-state index contributed by atoms with van der Waals surface area (Å²) in [4.78, 5) is 11.1. The average Bonchev–Trinajstić information content (AvgIpc) is 2.60. The first kappa shape index (κ1) is 17.1. The van der Waals surface area contributed by atoms with E-state index in [2.05, 4.69) is 13.8 Å². The summed E-state index contributed by atoms with van der Waals surface area (Å²) in [6, 6.07) is 0. The SMILES string of the molecule is CC1(C)CCN(S(=O)(=O)N2CCCC(C(=O)O)C2)CCS1. The van der Waals surface area contributed by atoms with E-state index in [0.717, 1.165) is 12.2 Å². The van der Waals surface area contributed by atoms with Gasteiger partial charge in [-0.1, -0.05) is 13.8 Å². The third-order valence-corrected chi connectivity index (χ3v) is 7.56. The predicted molar refractivity (Wildman–Crippen MR) is 83.6 cm³/mol. The van der Waals surface area contributed by atoms with Crippen molar-refractivity contribution in [3.8, 4) is 0 Å². The molecule has 1 unspecified atom stereocenters. The fraction of sp³-hybridized carbons (Fsp3) is 0.923. The Morgan fingerprint density at radius 3 is 2.62 bits per heavy atom. The normalized spacial score (nSPS) is 29.0. The van der Waals surface area contributed by atoms with E-state index >= 15 is 0 Å². The van der Waals surface area contributed by atoms with Crippen molar-refractivity contribution in [1.29, 1.82) is 0 Å². The van der Waals surface area contributed by atoms with Crippen LogP contribution in [0.25, 0.3) is 0 Å². The molecule has 0 aliphatic carbocycles. The first-order valence-corrected chi connectivity index (χ1v) is 9.73. The van der Waals surface area contributed by atoms with Crippen LogP contribution in [0, 0.1) is 5.92 Å². The van der Waals surface area contributed by atoms with Crippen LogP contribution >= 0.6 is 11.8 Å². The van der Waals surface area contributed by atoms with Crippen LogP contribution < -0.4 is 0 Å². The van der Waals surface area contributed by atoms with Gasteiger partial charge in [-0.25, -0.2) is 0 Å². The van der Waals surface area contributed by atoms with Crippen molar-refractivity contribution in [1.82, 2.24) is 8.61 Å². The molecular formula is C13H24N2O4S2. The standard InChI is InChI=1S/C13H24N2O4S2/c1-13(2)5-7-14(8-9-20-13)21(18,19)15-6-3-4-11(10-15)12(16)17/h11H,3-10H2,1-2H3,(H,16,17). The summed E-state index contributed by atoms with van der Waals surface area (Å²) in [6.45, 7) is 5.81. The Morgan fingerprint density at radius 1 is 1.24 bits per heavy atom. The van der Waals surface area contributed by atoms with Crippen molar-refractivity contribution in [2.45, 2.75) is 37.9 Å². The van der Waals surface area contributed by atoms with Gasteiger partial charge in [0.25, 0.3) is 10.2 Å². The molecule has 2 rings (SSSR count). The summed E-state index contributed by atoms with van der Waals surface area (Å²) in [5, 5.41) is 9.11. The molecule has 2 heterocycles. The second-order valence-corrected chi connectivity index (χ2v) is 10.0. The molecule has 1 N–H and O–H groups in total. The maximum Gasteiger partial charge on any atom is 0.307 e. The number of hydrogen-bond donors (Lipinski definition) is 1. The number of carbonyl (C=O) groups is 1. The van der Waals surface area contributed by atoms with Gasteiger partial charge in [-0.15, -0.1) is 0 Å². The van der Waals surface area contributed by atoms with Crippen molar-refractivity contribution < 1.29 is 18.3 Å². The van der Waals surface area contributed by atoms with Gasteiger partial charge in [0.05, 0.1) is 5.92 Å². The Bertz CT molecular complexity index is 492. The summed E-state index contributed by atoms with van der Waals surface area (Å²) < 4.78 is 28.4. The van der Waals surface area contributed by atoms with Gasteiger partial charge in [0, 0.05) is 36.7 Å². The summed E-state index contributed by atoms with van der Waals surface area (Å²) in [7, 11) is -3.54. The van der Waals surface area contributed by atoms with Crippen LogP contribution in [0.5, 0.6) is 0 Å². The number of thioether (sulfide) groups is 1. The van der Waals surface area contributed by atoms with Gasteiger partial charge >= 0.3 is 5.97 Å². The summed E-state index contributed by atoms with van der Waals surface area (Å²) in [5.41, 5.74) is 0. The molecule has 8 heteroatoms. The summed E-state index contributed by atoms with van der Waals surface area (Å²) >= 11 is 1.79. The molecule has 21 heavy (non-hydrogen) atoms. The Morgan fingerprint density at radius 2 is 1.95 bits per heavy atom. The quantitative estimate of drug-likeness (QED) is 0.839. The average molecular weight is 336 g/mol. The van der Waals surface area contributed by atoms with E-state index in [9.17, 15) is 13.2 Å². The van der Waals surface area contributed by atoms with Crippen LogP contribution in [0.1, 0.15) is 33.1 Å². The molecule has 0 bridgehead atoms. The Kier molecular flexibility index (Phi) is 5.23. The van der Waals surface area contributed by atoms with E-state index in [-0.39, 0.29) is 11.3 Å². The Hall–Kier alpha value is -0.310. The van der Waals surface area contributed by atoms with Crippen molar-refractivity contribution in [2.24, 2.45) is 5.92 Å². The van der Waals surface area contributed by atoms with E-state index in [1.165, 1.54) is 8.61 Å². The van der Waals surface area contributed by atoms with E-state index in [0.29, 0.717) is 32.5 Å². The highest BCUT2D eigenvalue weighted by Gasteiger charge is 2.37. The summed E-state index contributed by atoms with van der Waals surface area (Å²) in [5.74, 6) is -0.698. The van der Waals surface area contributed by atoms with Crippen molar-refractivity contribution in [3.05, 3.63) is 0 Å². The first-order valence-electron chi connectivity index (χ1n) is 7.34. The van der Waals surface area contributed by atoms with Gasteiger partial charge in [-0.3, -0.25) is 4.79 Å². The maximum absolute atomic E-state index is 12.7. The highest BCUT2D eigenvalue weighted by atomic mass is 32.2. The molecular weight excluding hydrogens is 312 g/mol. The number of aliphatic carboxylic acids is 1. The Balaban J connectivity index is 2.08. The molecule has 2 saturated heterocycles. The minimum Gasteiger partial charge on any atom is -0.481 e. The van der Waals surface area contributed by atoms with E-state index in [4.69, 9.17) is 5.11 Å². The molecule has 122 valence electrons. The van der Waals surface area contributed by atoms with Crippen LogP contribution in [-0.4, -0.2) is 64.8 Å². The van der Waals surface area contributed by atoms with Crippen LogP contribution in [-0.2, 0) is 15.0 Å². The van der Waals surface area contributed by atoms with Crippen LogP contribution in [0.4, 0.5) is 0 Å². The highest BCUT2D eigenvalue weighted by Crippen LogP contribution is 2.32. The van der Waals surface area contributed by atoms with Crippen molar-refractivity contribution in [3.63, 3.8) is 0 Å². The van der Waals surface area contributed by atoms with Crippen LogP contribution in [0.15, 0.2) is 0 Å². The smallest absolute Gasteiger partial charge is 0.307 e.